The molecule has 7 nitrogen and oxygen atoms in total. The molecule has 11 heteroatoms. The van der Waals surface area contributed by atoms with Gasteiger partial charge in [0.25, 0.3) is 0 Å². The maximum absolute atomic E-state index is 13.4. The van der Waals surface area contributed by atoms with Crippen molar-refractivity contribution < 1.29 is 22.3 Å². The Morgan fingerprint density at radius 2 is 1.89 bits per heavy atom. The van der Waals surface area contributed by atoms with Crippen LogP contribution < -0.4 is 0 Å². The van der Waals surface area contributed by atoms with Crippen molar-refractivity contribution in [3.05, 3.63) is 81.4 Å². The molecule has 5 rings (SSSR count). The standard InChI is InChI=1S/C24H20Cl2FN3O4S/c1-34-23(31)24-12-15-13-28-30(18-4-2-17(27)3-5-18)22(15)10-16(24)8-9-29(14-24)35(32,33)19-6-7-20(25)21(26)11-19/h2-7,10-11,13H,8-9,12,14H2,1H3/t24-/m0/s1. The first-order valence-electron chi connectivity index (χ1n) is 10.7. The van der Waals surface area contributed by atoms with Crippen LogP contribution in [-0.4, -0.2) is 48.7 Å². The molecule has 2 aromatic carbocycles. The number of piperidine rings is 1. The Morgan fingerprint density at radius 3 is 2.57 bits per heavy atom. The fourth-order valence-electron chi connectivity index (χ4n) is 4.76. The molecule has 0 unspecified atom stereocenters. The zero-order valence-corrected chi connectivity index (χ0v) is 20.9. The third-order valence-corrected chi connectivity index (χ3v) is 9.14. The minimum absolute atomic E-state index is 0.0000247. The van der Waals surface area contributed by atoms with Gasteiger partial charge in [-0.1, -0.05) is 23.2 Å². The highest BCUT2D eigenvalue weighted by atomic mass is 35.5. The highest BCUT2D eigenvalue weighted by Gasteiger charge is 2.51. The van der Waals surface area contributed by atoms with E-state index >= 15 is 0 Å². The number of aromatic nitrogens is 2. The maximum Gasteiger partial charge on any atom is 0.317 e. The average molecular weight is 536 g/mol. The second-order valence-corrected chi connectivity index (χ2v) is 11.3. The number of carbonyl (C=O) groups excluding carboxylic acids is 1. The Morgan fingerprint density at radius 1 is 1.14 bits per heavy atom. The van der Waals surface area contributed by atoms with Gasteiger partial charge in [0.1, 0.15) is 11.2 Å². The van der Waals surface area contributed by atoms with Crippen molar-refractivity contribution in [2.24, 2.45) is 5.41 Å². The number of ether oxygens (including phenoxy) is 1. The van der Waals surface area contributed by atoms with Crippen LogP contribution in [0.1, 0.15) is 17.7 Å². The summed E-state index contributed by atoms with van der Waals surface area (Å²) in [5, 5.41) is 4.82. The quantitative estimate of drug-likeness (QED) is 0.459. The van der Waals surface area contributed by atoms with E-state index in [0.29, 0.717) is 12.1 Å². The normalized spacial score (nSPS) is 20.1. The Balaban J connectivity index is 1.54. The summed E-state index contributed by atoms with van der Waals surface area (Å²) in [5.41, 5.74) is 1.78. The number of esters is 1. The SMILES string of the molecule is COC(=O)[C@]12Cc3cnn(-c4ccc(F)cc4)c3C=C1CCN(S(=O)(=O)c1ccc(Cl)c(Cl)c1)C2. The van der Waals surface area contributed by atoms with Gasteiger partial charge in [-0.3, -0.25) is 4.79 Å². The maximum atomic E-state index is 13.4. The summed E-state index contributed by atoms with van der Waals surface area (Å²) in [6, 6.07) is 10.1. The molecule has 2 aliphatic rings. The molecule has 0 spiro atoms. The van der Waals surface area contributed by atoms with Gasteiger partial charge in [-0.25, -0.2) is 17.5 Å². The number of benzene rings is 2. The molecule has 1 aliphatic heterocycles. The van der Waals surface area contributed by atoms with Crippen LogP contribution in [0.15, 0.2) is 59.1 Å². The van der Waals surface area contributed by atoms with Gasteiger partial charge >= 0.3 is 5.97 Å². The van der Waals surface area contributed by atoms with E-state index in [9.17, 15) is 17.6 Å². The van der Waals surface area contributed by atoms with Crippen LogP contribution in [0.25, 0.3) is 11.8 Å². The van der Waals surface area contributed by atoms with E-state index < -0.39 is 21.4 Å². The zero-order chi connectivity index (χ0) is 25.0. The number of sulfonamides is 1. The van der Waals surface area contributed by atoms with Crippen molar-refractivity contribution in [1.29, 1.82) is 0 Å². The fraction of sp³-hybridized carbons (Fsp3) is 0.250. The Bertz CT molecular complexity index is 1470. The lowest BCUT2D eigenvalue weighted by atomic mass is 9.69. The van der Waals surface area contributed by atoms with Gasteiger partial charge in [-0.05, 0) is 72.5 Å². The molecule has 0 saturated carbocycles. The van der Waals surface area contributed by atoms with E-state index in [1.807, 2.05) is 6.08 Å². The lowest BCUT2D eigenvalue weighted by Crippen LogP contribution is -2.53. The van der Waals surface area contributed by atoms with E-state index in [1.54, 1.807) is 23.0 Å². The Kier molecular flexibility index (Phi) is 5.99. The molecule has 0 radical (unpaired) electrons. The second kappa shape index (κ2) is 8.74. The van der Waals surface area contributed by atoms with E-state index in [2.05, 4.69) is 5.10 Å². The van der Waals surface area contributed by atoms with E-state index in [4.69, 9.17) is 27.9 Å². The molecule has 1 fully saturated rings. The number of methoxy groups -OCH3 is 1. The summed E-state index contributed by atoms with van der Waals surface area (Å²) in [6.07, 6.45) is 4.05. The predicted molar refractivity (Wildman–Crippen MR) is 129 cm³/mol. The number of rotatable bonds is 4. The molecule has 2 heterocycles. The van der Waals surface area contributed by atoms with Crippen LogP contribution >= 0.6 is 23.2 Å². The first kappa shape index (κ1) is 24.0. The number of fused-ring (bicyclic) bond motifs is 2. The topological polar surface area (TPSA) is 81.5 Å². The number of nitrogens with zero attached hydrogens (tertiary/aromatic N) is 3. The summed E-state index contributed by atoms with van der Waals surface area (Å²) in [7, 11) is -2.66. The van der Waals surface area contributed by atoms with Gasteiger partial charge < -0.3 is 4.74 Å². The summed E-state index contributed by atoms with van der Waals surface area (Å²) >= 11 is 12.0. The molecule has 0 N–H and O–H groups in total. The van der Waals surface area contributed by atoms with E-state index in [-0.39, 0.29) is 40.3 Å². The fourth-order valence-corrected chi connectivity index (χ4v) is 6.65. The molecule has 0 bridgehead atoms. The molecule has 3 aromatic rings. The Hall–Kier alpha value is -2.72. The van der Waals surface area contributed by atoms with Gasteiger partial charge in [-0.15, -0.1) is 0 Å². The first-order valence-corrected chi connectivity index (χ1v) is 12.9. The van der Waals surface area contributed by atoms with Gasteiger partial charge in [0.15, 0.2) is 0 Å². The molecular weight excluding hydrogens is 516 g/mol. The summed E-state index contributed by atoms with van der Waals surface area (Å²) in [4.78, 5) is 13.2. The number of hydrogen-bond donors (Lipinski definition) is 0. The molecule has 1 saturated heterocycles. The van der Waals surface area contributed by atoms with E-state index in [0.717, 1.165) is 16.8 Å². The van der Waals surface area contributed by atoms with E-state index in [1.165, 1.54) is 41.7 Å². The lowest BCUT2D eigenvalue weighted by Gasteiger charge is -2.43. The number of halogens is 3. The van der Waals surface area contributed by atoms with Crippen LogP contribution in [0.4, 0.5) is 4.39 Å². The monoisotopic (exact) mass is 535 g/mol. The van der Waals surface area contributed by atoms with Gasteiger partial charge in [0, 0.05) is 13.1 Å². The minimum Gasteiger partial charge on any atom is -0.468 e. The van der Waals surface area contributed by atoms with Crippen molar-refractivity contribution in [1.82, 2.24) is 14.1 Å². The van der Waals surface area contributed by atoms with Crippen molar-refractivity contribution in [2.45, 2.75) is 17.7 Å². The smallest absolute Gasteiger partial charge is 0.317 e. The van der Waals surface area contributed by atoms with Crippen LogP contribution in [0, 0.1) is 11.2 Å². The first-order chi connectivity index (χ1) is 16.7. The lowest BCUT2D eigenvalue weighted by molar-refractivity contribution is -0.151. The third-order valence-electron chi connectivity index (χ3n) is 6.56. The van der Waals surface area contributed by atoms with Gasteiger partial charge in [0.05, 0.1) is 39.6 Å². The Labute approximate surface area is 211 Å². The number of hydrogen-bond acceptors (Lipinski definition) is 5. The van der Waals surface area contributed by atoms with Crippen LogP contribution in [0.5, 0.6) is 0 Å². The predicted octanol–water partition coefficient (Wildman–Crippen LogP) is 4.51. The molecule has 1 aliphatic carbocycles. The highest BCUT2D eigenvalue weighted by molar-refractivity contribution is 7.89. The summed E-state index contributed by atoms with van der Waals surface area (Å²) in [5.74, 6) is -0.869. The average Bonchev–Trinajstić information content (AvgIpc) is 3.25. The molecule has 1 aromatic heterocycles. The number of carbonyl (C=O) groups is 1. The van der Waals surface area contributed by atoms with Crippen molar-refractivity contribution in [3.8, 4) is 5.69 Å². The second-order valence-electron chi connectivity index (χ2n) is 8.53. The molecule has 0 amide bonds. The van der Waals surface area contributed by atoms with Crippen LogP contribution in [-0.2, 0) is 26.0 Å². The van der Waals surface area contributed by atoms with Crippen molar-refractivity contribution in [3.63, 3.8) is 0 Å². The van der Waals surface area contributed by atoms with Crippen molar-refractivity contribution in [2.75, 3.05) is 20.2 Å². The summed E-state index contributed by atoms with van der Waals surface area (Å²) in [6.45, 7) is 0.0857. The highest BCUT2D eigenvalue weighted by Crippen LogP contribution is 2.46. The summed E-state index contributed by atoms with van der Waals surface area (Å²) < 4.78 is 48.4. The third kappa shape index (κ3) is 3.96. The zero-order valence-electron chi connectivity index (χ0n) is 18.5. The molecule has 1 atom stereocenters. The van der Waals surface area contributed by atoms with Crippen LogP contribution in [0.3, 0.4) is 0 Å². The molecule has 182 valence electrons. The van der Waals surface area contributed by atoms with Crippen LogP contribution in [0.2, 0.25) is 10.0 Å². The largest absolute Gasteiger partial charge is 0.468 e. The van der Waals surface area contributed by atoms with Gasteiger partial charge in [0.2, 0.25) is 10.0 Å². The molecular formula is C24H20Cl2FN3O4S. The minimum atomic E-state index is -3.95. The van der Waals surface area contributed by atoms with Crippen molar-refractivity contribution >= 4 is 45.3 Å². The van der Waals surface area contributed by atoms with Gasteiger partial charge in [-0.2, -0.15) is 9.40 Å². The molecule has 35 heavy (non-hydrogen) atoms.